The van der Waals surface area contributed by atoms with Gasteiger partial charge < -0.3 is 0 Å². The number of rotatable bonds is 6. The second-order valence-corrected chi connectivity index (χ2v) is 7.25. The first-order chi connectivity index (χ1) is 14.9. The Morgan fingerprint density at radius 1 is 0.567 bits per heavy atom. The Kier molecular flexibility index (Phi) is 4.92. The Hall–Kier alpha value is -3.99. The standard InChI is InChI=1S/C25H21N5/c1-3-8-20(9-4-1)18-29-16-14-26-24(29)22-12-7-13-23(28-22)25-27-15-17-30(25)19-21-10-5-2-6-11-21/h1-17H,18-19H2/p+2. The summed E-state index contributed by atoms with van der Waals surface area (Å²) in [6, 6.07) is 27.0. The van der Waals surface area contributed by atoms with Gasteiger partial charge in [-0.05, 0) is 23.3 Å². The Morgan fingerprint density at radius 2 is 1.03 bits per heavy atom. The van der Waals surface area contributed by atoms with Crippen molar-refractivity contribution in [2.75, 3.05) is 0 Å². The summed E-state index contributed by atoms with van der Waals surface area (Å²) in [7, 11) is 0. The van der Waals surface area contributed by atoms with Gasteiger partial charge in [0.1, 0.15) is 37.9 Å². The molecule has 5 nitrogen and oxygen atoms in total. The highest BCUT2D eigenvalue weighted by molar-refractivity contribution is 5.54. The quantitative estimate of drug-likeness (QED) is 0.424. The van der Waals surface area contributed by atoms with E-state index in [1.807, 2.05) is 36.7 Å². The van der Waals surface area contributed by atoms with Crippen LogP contribution in [0.25, 0.3) is 23.0 Å². The summed E-state index contributed by atoms with van der Waals surface area (Å²) in [4.78, 5) is 11.7. The van der Waals surface area contributed by atoms with Gasteiger partial charge in [-0.3, -0.25) is 0 Å². The highest BCUT2D eigenvalue weighted by Crippen LogP contribution is 2.17. The van der Waals surface area contributed by atoms with Crippen LogP contribution >= 0.6 is 0 Å². The van der Waals surface area contributed by atoms with Crippen molar-refractivity contribution in [3.8, 4) is 23.0 Å². The number of benzene rings is 2. The van der Waals surface area contributed by atoms with Crippen LogP contribution in [0.3, 0.4) is 0 Å². The predicted octanol–water partition coefficient (Wildman–Crippen LogP) is 3.74. The average molecular weight is 393 g/mol. The second kappa shape index (κ2) is 8.17. The molecule has 0 aliphatic rings. The minimum absolute atomic E-state index is 0.794. The van der Waals surface area contributed by atoms with Crippen LogP contribution in [0.2, 0.25) is 0 Å². The van der Waals surface area contributed by atoms with Gasteiger partial charge in [-0.2, -0.15) is 0 Å². The molecule has 0 amide bonds. The van der Waals surface area contributed by atoms with Crippen molar-refractivity contribution in [3.63, 3.8) is 0 Å². The SMILES string of the molecule is c1ccc(C[n+]2cc[nH]c2-c2cccc(-c3[nH]cc[n+]3Cc3ccccc3)n2)cc1. The van der Waals surface area contributed by atoms with Crippen molar-refractivity contribution in [3.05, 3.63) is 115 Å². The molecule has 0 atom stereocenters. The first-order valence-electron chi connectivity index (χ1n) is 10.1. The van der Waals surface area contributed by atoms with Gasteiger partial charge in [0.05, 0.1) is 0 Å². The molecule has 0 saturated carbocycles. The maximum atomic E-state index is 4.96. The van der Waals surface area contributed by atoms with E-state index in [9.17, 15) is 0 Å². The van der Waals surface area contributed by atoms with Crippen LogP contribution < -0.4 is 9.13 Å². The van der Waals surface area contributed by atoms with Crippen molar-refractivity contribution in [2.45, 2.75) is 13.1 Å². The zero-order valence-electron chi connectivity index (χ0n) is 16.6. The largest absolute Gasteiger partial charge is 0.305 e. The van der Waals surface area contributed by atoms with Crippen LogP contribution in [-0.4, -0.2) is 15.0 Å². The Morgan fingerprint density at radius 3 is 1.50 bits per heavy atom. The van der Waals surface area contributed by atoms with E-state index in [-0.39, 0.29) is 0 Å². The van der Waals surface area contributed by atoms with Crippen molar-refractivity contribution >= 4 is 0 Å². The van der Waals surface area contributed by atoms with Gasteiger partial charge in [0.2, 0.25) is 0 Å². The second-order valence-electron chi connectivity index (χ2n) is 7.25. The molecule has 0 aliphatic carbocycles. The van der Waals surface area contributed by atoms with Crippen molar-refractivity contribution in [1.82, 2.24) is 15.0 Å². The number of aromatic amines is 2. The van der Waals surface area contributed by atoms with Crippen LogP contribution in [0.5, 0.6) is 0 Å². The van der Waals surface area contributed by atoms with Gasteiger partial charge in [0, 0.05) is 0 Å². The molecule has 0 spiro atoms. The molecule has 5 rings (SSSR count). The molecular formula is C25H23N5+2. The Bertz CT molecular complexity index is 1140. The summed E-state index contributed by atoms with van der Waals surface area (Å²) in [6.07, 6.45) is 8.02. The van der Waals surface area contributed by atoms with Crippen LogP contribution in [-0.2, 0) is 13.1 Å². The summed E-state index contributed by atoms with van der Waals surface area (Å²) in [5, 5.41) is 0. The zero-order valence-corrected chi connectivity index (χ0v) is 16.6. The lowest BCUT2D eigenvalue weighted by Crippen LogP contribution is -2.35. The number of aromatic nitrogens is 5. The Labute approximate surface area is 175 Å². The minimum Gasteiger partial charge on any atom is -0.242 e. The molecule has 2 aromatic carbocycles. The van der Waals surface area contributed by atoms with E-state index in [0.717, 1.165) is 36.1 Å². The summed E-state index contributed by atoms with van der Waals surface area (Å²) in [5.74, 6) is 1.98. The topological polar surface area (TPSA) is 52.2 Å². The fourth-order valence-electron chi connectivity index (χ4n) is 3.69. The van der Waals surface area contributed by atoms with Crippen LogP contribution in [0.4, 0.5) is 0 Å². The molecule has 0 aliphatic heterocycles. The summed E-state index contributed by atoms with van der Waals surface area (Å²) >= 11 is 0. The number of pyridine rings is 1. The molecule has 5 heteroatoms. The molecule has 0 bridgehead atoms. The summed E-state index contributed by atoms with van der Waals surface area (Å²) in [5.41, 5.74) is 4.33. The normalized spacial score (nSPS) is 10.9. The average Bonchev–Trinajstić information content (AvgIpc) is 3.45. The highest BCUT2D eigenvalue weighted by atomic mass is 15.1. The molecule has 0 unspecified atom stereocenters. The molecule has 0 radical (unpaired) electrons. The van der Waals surface area contributed by atoms with Gasteiger partial charge >= 0.3 is 11.6 Å². The van der Waals surface area contributed by atoms with Gasteiger partial charge in [-0.1, -0.05) is 66.7 Å². The number of hydrogen-bond acceptors (Lipinski definition) is 1. The summed E-state index contributed by atoms with van der Waals surface area (Å²) in [6.45, 7) is 1.59. The third-order valence-electron chi connectivity index (χ3n) is 5.15. The van der Waals surface area contributed by atoms with Crippen LogP contribution in [0.15, 0.2) is 104 Å². The van der Waals surface area contributed by atoms with E-state index in [4.69, 9.17) is 4.98 Å². The van der Waals surface area contributed by atoms with E-state index >= 15 is 0 Å². The first-order valence-corrected chi connectivity index (χ1v) is 10.1. The zero-order chi connectivity index (χ0) is 20.2. The molecule has 30 heavy (non-hydrogen) atoms. The number of nitrogens with one attached hydrogen (secondary N) is 2. The van der Waals surface area contributed by atoms with Crippen molar-refractivity contribution in [1.29, 1.82) is 0 Å². The number of imidazole rings is 2. The smallest absolute Gasteiger partial charge is 0.242 e. The fraction of sp³-hybridized carbons (Fsp3) is 0.0800. The number of nitrogens with zero attached hydrogens (tertiary/aromatic N) is 3. The van der Waals surface area contributed by atoms with Crippen LogP contribution in [0.1, 0.15) is 11.1 Å². The van der Waals surface area contributed by atoms with Crippen molar-refractivity contribution < 1.29 is 9.13 Å². The van der Waals surface area contributed by atoms with E-state index in [1.165, 1.54) is 11.1 Å². The van der Waals surface area contributed by atoms with E-state index in [1.54, 1.807) is 0 Å². The molecular weight excluding hydrogens is 370 g/mol. The monoisotopic (exact) mass is 393 g/mol. The van der Waals surface area contributed by atoms with E-state index < -0.39 is 0 Å². The maximum absolute atomic E-state index is 4.96. The highest BCUT2D eigenvalue weighted by Gasteiger charge is 2.20. The lowest BCUT2D eigenvalue weighted by molar-refractivity contribution is -0.676. The van der Waals surface area contributed by atoms with Gasteiger partial charge in [-0.25, -0.2) is 24.1 Å². The van der Waals surface area contributed by atoms with Crippen LogP contribution in [0, 0.1) is 0 Å². The summed E-state index contributed by atoms with van der Waals surface area (Å²) < 4.78 is 4.38. The predicted molar refractivity (Wildman–Crippen MR) is 115 cm³/mol. The van der Waals surface area contributed by atoms with E-state index in [0.29, 0.717) is 0 Å². The number of hydrogen-bond donors (Lipinski definition) is 2. The van der Waals surface area contributed by atoms with Gasteiger partial charge in [0.25, 0.3) is 0 Å². The Balaban J connectivity index is 1.46. The fourth-order valence-corrected chi connectivity index (χ4v) is 3.69. The van der Waals surface area contributed by atoms with Gasteiger partial charge in [0.15, 0.2) is 11.4 Å². The van der Waals surface area contributed by atoms with Gasteiger partial charge in [-0.15, -0.1) is 0 Å². The van der Waals surface area contributed by atoms with Crippen molar-refractivity contribution in [2.24, 2.45) is 0 Å². The molecule has 3 aromatic heterocycles. The third kappa shape index (κ3) is 3.78. The third-order valence-corrected chi connectivity index (χ3v) is 5.15. The maximum Gasteiger partial charge on any atom is 0.305 e. The first kappa shape index (κ1) is 18.1. The molecule has 2 N–H and O–H groups in total. The molecule has 0 saturated heterocycles. The minimum atomic E-state index is 0.794. The lowest BCUT2D eigenvalue weighted by atomic mass is 10.2. The molecule has 0 fully saturated rings. The number of H-pyrrole nitrogens is 2. The molecule has 146 valence electrons. The lowest BCUT2D eigenvalue weighted by Gasteiger charge is -2.04. The molecule has 3 heterocycles. The van der Waals surface area contributed by atoms with E-state index in [2.05, 4.69) is 86.1 Å². The molecule has 5 aromatic rings.